The van der Waals surface area contributed by atoms with Crippen LogP contribution in [0.15, 0.2) is 33.5 Å². The van der Waals surface area contributed by atoms with Crippen molar-refractivity contribution in [2.45, 2.75) is 37.6 Å². The van der Waals surface area contributed by atoms with Crippen molar-refractivity contribution in [3.05, 3.63) is 40.2 Å². The Bertz CT molecular complexity index is 954. The number of carbonyl (C=O) groups is 2. The average molecular weight is 358 g/mol. The molecule has 1 aromatic carbocycles. The standard InChI is InChI=1S/C18H18N2O4S/c1-10-7-16(22)24-14-8-11(3-4-12(10)14)19-17(23)13-9-25-18(2)6-5-15(21)20(13)18/h3-4,7-8,13H,5-6,9H2,1-2H3,(H,19,23)/t13-,18+/m1/s1. The van der Waals surface area contributed by atoms with Gasteiger partial charge in [-0.05, 0) is 38.0 Å². The molecule has 1 N–H and O–H groups in total. The number of hydrogen-bond acceptors (Lipinski definition) is 5. The summed E-state index contributed by atoms with van der Waals surface area (Å²) in [6, 6.07) is 6.22. The molecule has 2 atom stereocenters. The Morgan fingerprint density at radius 2 is 2.16 bits per heavy atom. The van der Waals surface area contributed by atoms with E-state index in [1.807, 2.05) is 19.9 Å². The fourth-order valence-electron chi connectivity index (χ4n) is 3.64. The Kier molecular flexibility index (Phi) is 3.64. The maximum atomic E-state index is 12.7. The Balaban J connectivity index is 1.60. The molecule has 0 radical (unpaired) electrons. The van der Waals surface area contributed by atoms with Crippen LogP contribution in [-0.2, 0) is 9.59 Å². The molecular weight excluding hydrogens is 340 g/mol. The smallest absolute Gasteiger partial charge is 0.336 e. The molecule has 2 amide bonds. The molecule has 7 heteroatoms. The number of nitrogens with one attached hydrogen (secondary N) is 1. The minimum atomic E-state index is -0.467. The van der Waals surface area contributed by atoms with E-state index in [1.165, 1.54) is 6.07 Å². The van der Waals surface area contributed by atoms with E-state index in [9.17, 15) is 14.4 Å². The summed E-state index contributed by atoms with van der Waals surface area (Å²) < 4.78 is 5.22. The average Bonchev–Trinajstić information content (AvgIpc) is 3.03. The van der Waals surface area contributed by atoms with Gasteiger partial charge >= 0.3 is 5.63 Å². The zero-order valence-corrected chi connectivity index (χ0v) is 14.8. The van der Waals surface area contributed by atoms with E-state index in [-0.39, 0.29) is 16.7 Å². The van der Waals surface area contributed by atoms with Crippen molar-refractivity contribution in [2.75, 3.05) is 11.1 Å². The summed E-state index contributed by atoms with van der Waals surface area (Å²) >= 11 is 1.66. The summed E-state index contributed by atoms with van der Waals surface area (Å²) in [4.78, 5) is 37.9. The highest BCUT2D eigenvalue weighted by Gasteiger charge is 2.52. The number of rotatable bonds is 2. The summed E-state index contributed by atoms with van der Waals surface area (Å²) in [6.07, 6.45) is 1.27. The number of amides is 2. The van der Waals surface area contributed by atoms with Gasteiger partial charge in [0, 0.05) is 35.4 Å². The molecule has 2 aliphatic heterocycles. The van der Waals surface area contributed by atoms with Gasteiger partial charge in [0.2, 0.25) is 11.8 Å². The number of carbonyl (C=O) groups excluding carboxylic acids is 2. The largest absolute Gasteiger partial charge is 0.423 e. The molecule has 0 aliphatic carbocycles. The second-order valence-electron chi connectivity index (χ2n) is 6.71. The summed E-state index contributed by atoms with van der Waals surface area (Å²) in [7, 11) is 0. The molecule has 130 valence electrons. The quantitative estimate of drug-likeness (QED) is 0.835. The lowest BCUT2D eigenvalue weighted by atomic mass is 10.1. The zero-order valence-electron chi connectivity index (χ0n) is 14.0. The summed E-state index contributed by atoms with van der Waals surface area (Å²) in [5.74, 6) is 0.421. The SMILES string of the molecule is Cc1cc(=O)oc2cc(NC(=O)[C@H]3CS[C@@]4(C)CCC(=O)N34)ccc12. The number of fused-ring (bicyclic) bond motifs is 2. The molecule has 0 unspecified atom stereocenters. The predicted molar refractivity (Wildman–Crippen MR) is 96.6 cm³/mol. The number of anilines is 1. The minimum Gasteiger partial charge on any atom is -0.423 e. The van der Waals surface area contributed by atoms with Gasteiger partial charge < -0.3 is 14.6 Å². The first-order chi connectivity index (χ1) is 11.9. The highest BCUT2D eigenvalue weighted by Crippen LogP contribution is 2.47. The monoisotopic (exact) mass is 358 g/mol. The van der Waals surface area contributed by atoms with E-state index in [0.29, 0.717) is 23.4 Å². The van der Waals surface area contributed by atoms with Crippen molar-refractivity contribution in [3.63, 3.8) is 0 Å². The van der Waals surface area contributed by atoms with E-state index in [2.05, 4.69) is 5.32 Å². The number of hydrogen-bond donors (Lipinski definition) is 1. The van der Waals surface area contributed by atoms with Crippen LogP contribution in [-0.4, -0.2) is 33.4 Å². The molecule has 6 nitrogen and oxygen atoms in total. The third-order valence-corrected chi connectivity index (χ3v) is 6.47. The van der Waals surface area contributed by atoms with Gasteiger partial charge in [0.15, 0.2) is 0 Å². The van der Waals surface area contributed by atoms with Crippen molar-refractivity contribution in [2.24, 2.45) is 0 Å². The second kappa shape index (κ2) is 5.62. The molecular formula is C18H18N2O4S. The fourth-order valence-corrected chi connectivity index (χ4v) is 5.07. The molecule has 0 saturated carbocycles. The third kappa shape index (κ3) is 2.63. The first-order valence-electron chi connectivity index (χ1n) is 8.19. The van der Waals surface area contributed by atoms with Gasteiger partial charge in [0.05, 0.1) is 4.87 Å². The topological polar surface area (TPSA) is 79.6 Å². The van der Waals surface area contributed by atoms with Gasteiger partial charge in [-0.1, -0.05) is 0 Å². The van der Waals surface area contributed by atoms with E-state index in [0.717, 1.165) is 17.4 Å². The maximum absolute atomic E-state index is 12.7. The van der Waals surface area contributed by atoms with Crippen molar-refractivity contribution in [3.8, 4) is 0 Å². The molecule has 0 bridgehead atoms. The van der Waals surface area contributed by atoms with Gasteiger partial charge in [-0.25, -0.2) is 4.79 Å². The van der Waals surface area contributed by atoms with Crippen molar-refractivity contribution in [1.29, 1.82) is 0 Å². The molecule has 2 aliphatic rings. The van der Waals surface area contributed by atoms with Crippen LogP contribution in [0.2, 0.25) is 0 Å². The third-order valence-electron chi connectivity index (χ3n) is 4.97. The highest BCUT2D eigenvalue weighted by atomic mass is 32.2. The van der Waals surface area contributed by atoms with Crippen LogP contribution in [0.3, 0.4) is 0 Å². The molecule has 25 heavy (non-hydrogen) atoms. The van der Waals surface area contributed by atoms with Crippen LogP contribution in [0.4, 0.5) is 5.69 Å². The molecule has 3 heterocycles. The number of aryl methyl sites for hydroxylation is 1. The van der Waals surface area contributed by atoms with Crippen molar-refractivity contribution < 1.29 is 14.0 Å². The van der Waals surface area contributed by atoms with E-state index in [1.54, 1.807) is 28.8 Å². The molecule has 2 fully saturated rings. The maximum Gasteiger partial charge on any atom is 0.336 e. The van der Waals surface area contributed by atoms with Crippen LogP contribution < -0.4 is 10.9 Å². The van der Waals surface area contributed by atoms with Gasteiger partial charge in [-0.2, -0.15) is 0 Å². The van der Waals surface area contributed by atoms with Gasteiger partial charge in [0.1, 0.15) is 11.6 Å². The van der Waals surface area contributed by atoms with Gasteiger partial charge in [0.25, 0.3) is 0 Å². The number of thioether (sulfide) groups is 1. The van der Waals surface area contributed by atoms with Crippen LogP contribution >= 0.6 is 11.8 Å². The Labute approximate surface area is 148 Å². The Hall–Kier alpha value is -2.28. The second-order valence-corrected chi connectivity index (χ2v) is 8.22. The summed E-state index contributed by atoms with van der Waals surface area (Å²) in [6.45, 7) is 3.86. The van der Waals surface area contributed by atoms with Crippen LogP contribution in [0, 0.1) is 6.92 Å². The first-order valence-corrected chi connectivity index (χ1v) is 9.17. The van der Waals surface area contributed by atoms with Crippen LogP contribution in [0.1, 0.15) is 25.3 Å². The lowest BCUT2D eigenvalue weighted by Crippen LogP contribution is -2.48. The van der Waals surface area contributed by atoms with Crippen molar-refractivity contribution >= 4 is 40.2 Å². The van der Waals surface area contributed by atoms with Crippen LogP contribution in [0.25, 0.3) is 11.0 Å². The Morgan fingerprint density at radius 1 is 1.36 bits per heavy atom. The Morgan fingerprint density at radius 3 is 2.96 bits per heavy atom. The zero-order chi connectivity index (χ0) is 17.8. The fraction of sp³-hybridized carbons (Fsp3) is 0.389. The van der Waals surface area contributed by atoms with E-state index in [4.69, 9.17) is 4.42 Å². The molecule has 2 saturated heterocycles. The first kappa shape index (κ1) is 16.2. The number of benzene rings is 1. The van der Waals surface area contributed by atoms with E-state index >= 15 is 0 Å². The van der Waals surface area contributed by atoms with Crippen LogP contribution in [0.5, 0.6) is 0 Å². The number of nitrogens with zero attached hydrogens (tertiary/aromatic N) is 1. The van der Waals surface area contributed by atoms with Gasteiger partial charge in [-0.15, -0.1) is 11.8 Å². The van der Waals surface area contributed by atoms with E-state index < -0.39 is 11.7 Å². The lowest BCUT2D eigenvalue weighted by Gasteiger charge is -2.29. The van der Waals surface area contributed by atoms with Crippen molar-refractivity contribution in [1.82, 2.24) is 4.90 Å². The minimum absolute atomic E-state index is 0.0350. The molecule has 2 aromatic rings. The predicted octanol–water partition coefficient (Wildman–Crippen LogP) is 2.49. The highest BCUT2D eigenvalue weighted by molar-refractivity contribution is 8.01. The lowest BCUT2D eigenvalue weighted by molar-refractivity contribution is -0.135. The normalized spacial score (nSPS) is 25.4. The summed E-state index contributed by atoms with van der Waals surface area (Å²) in [5, 5.41) is 3.69. The van der Waals surface area contributed by atoms with Gasteiger partial charge in [-0.3, -0.25) is 9.59 Å². The molecule has 4 rings (SSSR count). The molecule has 0 spiro atoms. The summed E-state index contributed by atoms with van der Waals surface area (Å²) in [5.41, 5.74) is 1.40. The molecule has 1 aromatic heterocycles.